The number of carbonyl (C=O) groups excluding carboxylic acids is 2. The van der Waals surface area contributed by atoms with Gasteiger partial charge in [-0.25, -0.2) is 4.79 Å². The van der Waals surface area contributed by atoms with Crippen LogP contribution in [0.1, 0.15) is 56.8 Å². The summed E-state index contributed by atoms with van der Waals surface area (Å²) in [7, 11) is 0. The number of hydrogen-bond donors (Lipinski definition) is 0. The number of esters is 1. The third kappa shape index (κ3) is 9.51. The van der Waals surface area contributed by atoms with Crippen molar-refractivity contribution in [3.63, 3.8) is 0 Å². The molecule has 0 atom stereocenters. The summed E-state index contributed by atoms with van der Waals surface area (Å²) in [6.07, 6.45) is 6.27. The maximum atomic E-state index is 11.1. The third-order valence-corrected chi connectivity index (χ3v) is 3.23. The first-order valence-corrected chi connectivity index (χ1v) is 7.66. The van der Waals surface area contributed by atoms with Crippen LogP contribution in [-0.4, -0.2) is 25.0 Å². The number of carbonyl (C=O) groups is 2. The molecule has 0 amide bonds. The van der Waals surface area contributed by atoms with Crippen molar-refractivity contribution < 1.29 is 19.1 Å². The maximum Gasteiger partial charge on any atom is 0.330 e. The Morgan fingerprint density at radius 3 is 2.13 bits per heavy atom. The predicted molar refractivity (Wildman–Crippen MR) is 92.9 cm³/mol. The van der Waals surface area contributed by atoms with Crippen molar-refractivity contribution in [2.45, 2.75) is 46.5 Å². The normalized spacial score (nSPS) is 9.61. The quantitative estimate of drug-likeness (QED) is 0.259. The third-order valence-electron chi connectivity index (χ3n) is 3.23. The monoisotopic (exact) mass is 320 g/mol. The molecule has 0 unspecified atom stereocenters. The number of benzene rings is 1. The molecule has 0 N–H and O–H groups in total. The van der Waals surface area contributed by atoms with Crippen LogP contribution < -0.4 is 4.74 Å². The summed E-state index contributed by atoms with van der Waals surface area (Å²) in [5.41, 5.74) is 0.699. The van der Waals surface area contributed by atoms with Gasteiger partial charge in [0, 0.05) is 11.6 Å². The summed E-state index contributed by atoms with van der Waals surface area (Å²) in [6.45, 7) is 6.03. The summed E-state index contributed by atoms with van der Waals surface area (Å²) < 4.78 is 10.5. The topological polar surface area (TPSA) is 52.6 Å². The maximum absolute atomic E-state index is 11.1. The number of Topliss-reactive ketones (excluding diaryl/α,β-unsaturated/α-hetero) is 1. The van der Waals surface area contributed by atoms with Gasteiger partial charge in [0.1, 0.15) is 5.75 Å². The molecule has 1 aromatic carbocycles. The van der Waals surface area contributed by atoms with Gasteiger partial charge in [-0.05, 0) is 44.0 Å². The second-order valence-corrected chi connectivity index (χ2v) is 5.07. The van der Waals surface area contributed by atoms with E-state index in [0.717, 1.165) is 37.9 Å². The lowest BCUT2D eigenvalue weighted by Crippen LogP contribution is -2.02. The molecule has 0 spiro atoms. The van der Waals surface area contributed by atoms with E-state index in [1.165, 1.54) is 6.08 Å². The van der Waals surface area contributed by atoms with Crippen LogP contribution in [0.4, 0.5) is 0 Å². The molecular weight excluding hydrogens is 292 g/mol. The number of ketones is 1. The van der Waals surface area contributed by atoms with Gasteiger partial charge in [-0.2, -0.15) is 0 Å². The minimum absolute atomic E-state index is 0. The van der Waals surface area contributed by atoms with Crippen LogP contribution in [0.15, 0.2) is 36.9 Å². The van der Waals surface area contributed by atoms with Crippen LogP contribution in [-0.2, 0) is 9.53 Å². The zero-order valence-electron chi connectivity index (χ0n) is 13.2. The molecule has 0 fully saturated rings. The van der Waals surface area contributed by atoms with Gasteiger partial charge in [-0.3, -0.25) is 4.79 Å². The Bertz CT molecular complexity index is 477. The van der Waals surface area contributed by atoms with E-state index in [1.54, 1.807) is 19.1 Å². The van der Waals surface area contributed by atoms with E-state index in [0.29, 0.717) is 18.8 Å². The largest absolute Gasteiger partial charge is 0.494 e. The molecule has 0 saturated carbocycles. The fourth-order valence-electron chi connectivity index (χ4n) is 1.94. The van der Waals surface area contributed by atoms with Gasteiger partial charge in [-0.15, -0.1) is 0 Å². The Labute approximate surface area is 139 Å². The molecule has 0 heterocycles. The van der Waals surface area contributed by atoms with Gasteiger partial charge >= 0.3 is 5.97 Å². The van der Waals surface area contributed by atoms with Gasteiger partial charge in [0.15, 0.2) is 5.78 Å². The van der Waals surface area contributed by atoms with Crippen molar-refractivity contribution in [1.82, 2.24) is 0 Å². The zero-order chi connectivity index (χ0) is 16.2. The van der Waals surface area contributed by atoms with Gasteiger partial charge < -0.3 is 9.47 Å². The summed E-state index contributed by atoms with van der Waals surface area (Å²) in [5.74, 6) is 0.496. The smallest absolute Gasteiger partial charge is 0.330 e. The van der Waals surface area contributed by atoms with Gasteiger partial charge in [-0.1, -0.05) is 33.3 Å². The molecule has 0 saturated heterocycles. The van der Waals surface area contributed by atoms with E-state index in [9.17, 15) is 9.59 Å². The standard InChI is InChI=1S/C18H24O4.CH4/c1-3-18(20)22-14-8-6-4-5-7-13-21-17-11-9-16(10-12-17)15(2)19;/h3,9-12H,1,4-8,13-14H2,2H3;1H4. The molecule has 4 heteroatoms. The molecule has 0 aliphatic rings. The molecule has 1 aromatic rings. The Morgan fingerprint density at radius 1 is 1.00 bits per heavy atom. The lowest BCUT2D eigenvalue weighted by atomic mass is 10.1. The highest BCUT2D eigenvalue weighted by atomic mass is 16.5. The Hall–Kier alpha value is -2.10. The highest BCUT2D eigenvalue weighted by Crippen LogP contribution is 2.13. The molecule has 0 aromatic heterocycles. The van der Waals surface area contributed by atoms with Crippen LogP contribution in [0, 0.1) is 0 Å². The van der Waals surface area contributed by atoms with E-state index in [1.807, 2.05) is 12.1 Å². The molecule has 0 aliphatic heterocycles. The lowest BCUT2D eigenvalue weighted by molar-refractivity contribution is -0.137. The summed E-state index contributed by atoms with van der Waals surface area (Å²) >= 11 is 0. The molecule has 1 rings (SSSR count). The average molecular weight is 320 g/mol. The molecule has 4 nitrogen and oxygen atoms in total. The minimum Gasteiger partial charge on any atom is -0.494 e. The highest BCUT2D eigenvalue weighted by Gasteiger charge is 2.00. The molecule has 0 bridgehead atoms. The molecule has 128 valence electrons. The van der Waals surface area contributed by atoms with Crippen molar-refractivity contribution in [3.8, 4) is 5.75 Å². The van der Waals surface area contributed by atoms with Gasteiger partial charge in [0.25, 0.3) is 0 Å². The number of rotatable bonds is 11. The second-order valence-electron chi connectivity index (χ2n) is 5.07. The van der Waals surface area contributed by atoms with E-state index < -0.39 is 0 Å². The van der Waals surface area contributed by atoms with E-state index in [-0.39, 0.29) is 19.2 Å². The van der Waals surface area contributed by atoms with Gasteiger partial charge in [0.05, 0.1) is 13.2 Å². The predicted octanol–water partition coefficient (Wildman–Crippen LogP) is 4.58. The number of hydrogen-bond acceptors (Lipinski definition) is 4. The molecular formula is C19H28O4. The minimum atomic E-state index is -0.357. The number of ether oxygens (including phenoxy) is 2. The van der Waals surface area contributed by atoms with Crippen LogP contribution >= 0.6 is 0 Å². The average Bonchev–Trinajstić information content (AvgIpc) is 2.53. The van der Waals surface area contributed by atoms with Crippen LogP contribution in [0.5, 0.6) is 5.75 Å². The SMILES string of the molecule is C.C=CC(=O)OCCCCCCCOc1ccc(C(C)=O)cc1. The lowest BCUT2D eigenvalue weighted by Gasteiger charge is -2.06. The summed E-state index contributed by atoms with van der Waals surface area (Å²) in [4.78, 5) is 21.9. The zero-order valence-corrected chi connectivity index (χ0v) is 13.2. The van der Waals surface area contributed by atoms with Crippen molar-refractivity contribution in [3.05, 3.63) is 42.5 Å². The van der Waals surface area contributed by atoms with Crippen molar-refractivity contribution in [1.29, 1.82) is 0 Å². The first-order chi connectivity index (χ1) is 10.6. The van der Waals surface area contributed by atoms with E-state index >= 15 is 0 Å². The Balaban J connectivity index is 0.00000484. The second kappa shape index (κ2) is 12.4. The fraction of sp³-hybridized carbons (Fsp3) is 0.474. The fourth-order valence-corrected chi connectivity index (χ4v) is 1.94. The van der Waals surface area contributed by atoms with Crippen molar-refractivity contribution in [2.24, 2.45) is 0 Å². The van der Waals surface area contributed by atoms with E-state index in [2.05, 4.69) is 6.58 Å². The Kier molecular flexibility index (Phi) is 11.3. The Morgan fingerprint density at radius 2 is 1.57 bits per heavy atom. The molecule has 23 heavy (non-hydrogen) atoms. The van der Waals surface area contributed by atoms with Crippen LogP contribution in [0.2, 0.25) is 0 Å². The van der Waals surface area contributed by atoms with Crippen LogP contribution in [0.25, 0.3) is 0 Å². The highest BCUT2D eigenvalue weighted by molar-refractivity contribution is 5.94. The van der Waals surface area contributed by atoms with Crippen LogP contribution in [0.3, 0.4) is 0 Å². The van der Waals surface area contributed by atoms with Gasteiger partial charge in [0.2, 0.25) is 0 Å². The number of unbranched alkanes of at least 4 members (excludes halogenated alkanes) is 4. The molecule has 0 aliphatic carbocycles. The van der Waals surface area contributed by atoms with Crippen molar-refractivity contribution >= 4 is 11.8 Å². The first-order valence-electron chi connectivity index (χ1n) is 7.66. The molecule has 0 radical (unpaired) electrons. The summed E-state index contributed by atoms with van der Waals surface area (Å²) in [5, 5.41) is 0. The van der Waals surface area contributed by atoms with E-state index in [4.69, 9.17) is 9.47 Å². The summed E-state index contributed by atoms with van der Waals surface area (Å²) in [6, 6.07) is 7.21. The first kappa shape index (κ1) is 20.9. The van der Waals surface area contributed by atoms with Crippen molar-refractivity contribution in [2.75, 3.05) is 13.2 Å².